The van der Waals surface area contributed by atoms with Crippen LogP contribution >= 0.6 is 11.8 Å². The Bertz CT molecular complexity index is 1030. The molecule has 0 unspecified atom stereocenters. The molecule has 0 atom stereocenters. The fourth-order valence-corrected chi connectivity index (χ4v) is 3.86. The van der Waals surface area contributed by atoms with Gasteiger partial charge in [-0.05, 0) is 49.7 Å². The van der Waals surface area contributed by atoms with Crippen LogP contribution in [0.25, 0.3) is 10.9 Å². The number of nitrogens with zero attached hydrogens (tertiary/aromatic N) is 2. The maximum atomic E-state index is 12.9. The molecular formula is C22H24N2O4S. The Labute approximate surface area is 173 Å². The molecule has 0 bridgehead atoms. The van der Waals surface area contributed by atoms with Crippen molar-refractivity contribution in [1.82, 2.24) is 9.55 Å². The predicted molar refractivity (Wildman–Crippen MR) is 115 cm³/mol. The summed E-state index contributed by atoms with van der Waals surface area (Å²) in [5, 5.41) is 1.12. The largest absolute Gasteiger partial charge is 0.494 e. The SMILES string of the molecule is CCOc1ccc(C(=O)CSc2nc3ccccc3c(=O)n2CCCOC)cc1. The summed E-state index contributed by atoms with van der Waals surface area (Å²) in [5.74, 6) is 0.909. The molecule has 0 aliphatic carbocycles. The molecule has 152 valence electrons. The Morgan fingerprint density at radius 3 is 2.62 bits per heavy atom. The van der Waals surface area contributed by atoms with Gasteiger partial charge in [-0.1, -0.05) is 23.9 Å². The van der Waals surface area contributed by atoms with Crippen LogP contribution in [0.15, 0.2) is 58.5 Å². The van der Waals surface area contributed by atoms with Crippen LogP contribution in [-0.2, 0) is 11.3 Å². The minimum Gasteiger partial charge on any atom is -0.494 e. The second-order valence-corrected chi connectivity index (χ2v) is 7.33. The number of carbonyl (C=O) groups is 1. The molecule has 0 aliphatic heterocycles. The van der Waals surface area contributed by atoms with Gasteiger partial charge in [-0.15, -0.1) is 0 Å². The van der Waals surface area contributed by atoms with Gasteiger partial charge in [0.1, 0.15) is 5.75 Å². The Morgan fingerprint density at radius 2 is 1.90 bits per heavy atom. The monoisotopic (exact) mass is 412 g/mol. The van der Waals surface area contributed by atoms with E-state index < -0.39 is 0 Å². The minimum absolute atomic E-state index is 0.0242. The average Bonchev–Trinajstić information content (AvgIpc) is 2.74. The minimum atomic E-state index is -0.0947. The van der Waals surface area contributed by atoms with Crippen molar-refractivity contribution in [3.8, 4) is 5.75 Å². The molecule has 3 aromatic rings. The molecular weight excluding hydrogens is 388 g/mol. The van der Waals surface area contributed by atoms with Gasteiger partial charge in [0, 0.05) is 25.8 Å². The van der Waals surface area contributed by atoms with Crippen molar-refractivity contribution >= 4 is 28.4 Å². The number of thioether (sulfide) groups is 1. The Balaban J connectivity index is 1.81. The fraction of sp³-hybridized carbons (Fsp3) is 0.318. The van der Waals surface area contributed by atoms with E-state index in [1.54, 1.807) is 42.0 Å². The van der Waals surface area contributed by atoms with Crippen molar-refractivity contribution in [2.75, 3.05) is 26.1 Å². The highest BCUT2D eigenvalue weighted by molar-refractivity contribution is 7.99. The number of benzene rings is 2. The van der Waals surface area contributed by atoms with Crippen molar-refractivity contribution in [3.05, 3.63) is 64.4 Å². The Morgan fingerprint density at radius 1 is 1.14 bits per heavy atom. The zero-order valence-electron chi connectivity index (χ0n) is 16.6. The van der Waals surface area contributed by atoms with E-state index in [-0.39, 0.29) is 17.1 Å². The second-order valence-electron chi connectivity index (χ2n) is 6.38. The standard InChI is InChI=1S/C22H24N2O4S/c1-3-28-17-11-9-16(10-12-17)20(25)15-29-22-23-19-8-5-4-7-18(19)21(26)24(22)13-6-14-27-2/h4-5,7-12H,3,6,13-15H2,1-2H3. The van der Waals surface area contributed by atoms with Crippen LogP contribution < -0.4 is 10.3 Å². The van der Waals surface area contributed by atoms with Crippen LogP contribution in [0.4, 0.5) is 0 Å². The number of hydrogen-bond acceptors (Lipinski definition) is 6. The van der Waals surface area contributed by atoms with E-state index in [1.807, 2.05) is 25.1 Å². The van der Waals surface area contributed by atoms with Gasteiger partial charge in [-0.25, -0.2) is 4.98 Å². The topological polar surface area (TPSA) is 70.4 Å². The molecule has 0 amide bonds. The summed E-state index contributed by atoms with van der Waals surface area (Å²) in [6, 6.07) is 14.4. The van der Waals surface area contributed by atoms with Gasteiger partial charge in [-0.3, -0.25) is 14.2 Å². The normalized spacial score (nSPS) is 11.0. The molecule has 1 aromatic heterocycles. The third-order valence-electron chi connectivity index (χ3n) is 4.38. The zero-order valence-corrected chi connectivity index (χ0v) is 17.4. The van der Waals surface area contributed by atoms with Crippen LogP contribution in [0, 0.1) is 0 Å². The molecule has 29 heavy (non-hydrogen) atoms. The average molecular weight is 413 g/mol. The van der Waals surface area contributed by atoms with E-state index in [0.717, 1.165) is 5.75 Å². The maximum absolute atomic E-state index is 12.9. The molecule has 3 rings (SSSR count). The van der Waals surface area contributed by atoms with E-state index in [9.17, 15) is 9.59 Å². The number of ether oxygens (including phenoxy) is 2. The highest BCUT2D eigenvalue weighted by Gasteiger charge is 2.14. The number of Topliss-reactive ketones (excluding diaryl/α,β-unsaturated/α-hetero) is 1. The van der Waals surface area contributed by atoms with Crippen molar-refractivity contribution in [2.45, 2.75) is 25.0 Å². The van der Waals surface area contributed by atoms with Crippen molar-refractivity contribution in [3.63, 3.8) is 0 Å². The highest BCUT2D eigenvalue weighted by Crippen LogP contribution is 2.20. The number of fused-ring (bicyclic) bond motifs is 1. The molecule has 0 aliphatic rings. The molecule has 1 heterocycles. The number of carbonyl (C=O) groups excluding carboxylic acids is 1. The van der Waals surface area contributed by atoms with Crippen molar-refractivity contribution in [1.29, 1.82) is 0 Å². The Hall–Kier alpha value is -2.64. The first-order valence-corrected chi connectivity index (χ1v) is 10.5. The summed E-state index contributed by atoms with van der Waals surface area (Å²) < 4.78 is 12.2. The van der Waals surface area contributed by atoms with E-state index in [4.69, 9.17) is 9.47 Å². The summed E-state index contributed by atoms with van der Waals surface area (Å²) in [7, 11) is 1.63. The molecule has 0 spiro atoms. The molecule has 0 saturated heterocycles. The maximum Gasteiger partial charge on any atom is 0.262 e. The fourth-order valence-electron chi connectivity index (χ4n) is 2.94. The summed E-state index contributed by atoms with van der Waals surface area (Å²) in [5.41, 5.74) is 1.15. The zero-order chi connectivity index (χ0) is 20.6. The summed E-state index contributed by atoms with van der Waals surface area (Å²) in [4.78, 5) is 30.2. The number of para-hydroxylation sites is 1. The van der Waals surface area contributed by atoms with Crippen LogP contribution in [0.2, 0.25) is 0 Å². The number of hydrogen-bond donors (Lipinski definition) is 0. The van der Waals surface area contributed by atoms with E-state index in [0.29, 0.717) is 47.8 Å². The number of rotatable bonds is 10. The molecule has 0 saturated carbocycles. The molecule has 0 fully saturated rings. The third kappa shape index (κ3) is 5.25. The lowest BCUT2D eigenvalue weighted by atomic mass is 10.1. The van der Waals surface area contributed by atoms with Gasteiger partial charge >= 0.3 is 0 Å². The van der Waals surface area contributed by atoms with Crippen LogP contribution in [0.3, 0.4) is 0 Å². The van der Waals surface area contributed by atoms with Crippen molar-refractivity contribution in [2.24, 2.45) is 0 Å². The van der Waals surface area contributed by atoms with E-state index >= 15 is 0 Å². The van der Waals surface area contributed by atoms with E-state index in [1.165, 1.54) is 11.8 Å². The Kier molecular flexibility index (Phi) is 7.43. The number of methoxy groups -OCH3 is 1. The molecule has 2 aromatic carbocycles. The van der Waals surface area contributed by atoms with Crippen LogP contribution in [0.5, 0.6) is 5.75 Å². The van der Waals surface area contributed by atoms with Crippen molar-refractivity contribution < 1.29 is 14.3 Å². The smallest absolute Gasteiger partial charge is 0.262 e. The predicted octanol–water partition coefficient (Wildman–Crippen LogP) is 3.81. The number of ketones is 1. The van der Waals surface area contributed by atoms with Gasteiger partial charge in [-0.2, -0.15) is 0 Å². The third-order valence-corrected chi connectivity index (χ3v) is 5.35. The van der Waals surface area contributed by atoms with Gasteiger partial charge < -0.3 is 9.47 Å². The molecule has 0 N–H and O–H groups in total. The summed E-state index contributed by atoms with van der Waals surface area (Å²) in [6.45, 7) is 3.54. The van der Waals surface area contributed by atoms with Gasteiger partial charge in [0.15, 0.2) is 10.9 Å². The first kappa shape index (κ1) is 21.1. The molecule has 6 nitrogen and oxygen atoms in total. The summed E-state index contributed by atoms with van der Waals surface area (Å²) >= 11 is 1.28. The van der Waals surface area contributed by atoms with Crippen LogP contribution in [0.1, 0.15) is 23.7 Å². The summed E-state index contributed by atoms with van der Waals surface area (Å²) in [6.07, 6.45) is 0.691. The van der Waals surface area contributed by atoms with Gasteiger partial charge in [0.05, 0.1) is 23.3 Å². The first-order chi connectivity index (χ1) is 14.1. The lowest BCUT2D eigenvalue weighted by molar-refractivity contribution is 0.102. The first-order valence-electron chi connectivity index (χ1n) is 9.51. The van der Waals surface area contributed by atoms with E-state index in [2.05, 4.69) is 4.98 Å². The van der Waals surface area contributed by atoms with Gasteiger partial charge in [0.2, 0.25) is 0 Å². The quantitative estimate of drug-likeness (QED) is 0.218. The molecule has 7 heteroatoms. The van der Waals surface area contributed by atoms with Crippen LogP contribution in [-0.4, -0.2) is 41.4 Å². The molecule has 0 radical (unpaired) electrons. The number of aromatic nitrogens is 2. The second kappa shape index (κ2) is 10.2. The lowest BCUT2D eigenvalue weighted by Crippen LogP contribution is -2.24. The lowest BCUT2D eigenvalue weighted by Gasteiger charge is -2.13. The van der Waals surface area contributed by atoms with Gasteiger partial charge in [0.25, 0.3) is 5.56 Å². The highest BCUT2D eigenvalue weighted by atomic mass is 32.2.